The first kappa shape index (κ1) is 14.0. The van der Waals surface area contributed by atoms with E-state index in [0.29, 0.717) is 12.4 Å². The number of halogens is 1. The maximum Gasteiger partial charge on any atom is 0.158 e. The molecular formula is C13H15IN4O. The number of rotatable bonds is 5. The summed E-state index contributed by atoms with van der Waals surface area (Å²) in [4.78, 5) is 8.71. The summed E-state index contributed by atoms with van der Waals surface area (Å²) in [6, 6.07) is 9.97. The maximum absolute atomic E-state index is 5.07. The van der Waals surface area contributed by atoms with Crippen LogP contribution in [0.2, 0.25) is 0 Å². The lowest BCUT2D eigenvalue weighted by Crippen LogP contribution is -2.04. The minimum atomic E-state index is 0.386. The number of benzene rings is 1. The van der Waals surface area contributed by atoms with Gasteiger partial charge in [0.1, 0.15) is 18.2 Å². The molecule has 0 saturated carbocycles. The summed E-state index contributed by atoms with van der Waals surface area (Å²) in [5, 5.41) is 6.27. The van der Waals surface area contributed by atoms with Crippen LogP contribution >= 0.6 is 22.6 Å². The van der Waals surface area contributed by atoms with Crippen LogP contribution in [0.25, 0.3) is 0 Å². The lowest BCUT2D eigenvalue weighted by atomic mass is 10.3. The molecule has 0 saturated heterocycles. The van der Waals surface area contributed by atoms with Crippen molar-refractivity contribution in [3.05, 3.63) is 39.7 Å². The Morgan fingerprint density at radius 1 is 1.16 bits per heavy atom. The average Bonchev–Trinajstić information content (AvgIpc) is 2.41. The van der Waals surface area contributed by atoms with Crippen molar-refractivity contribution in [2.75, 3.05) is 24.8 Å². The van der Waals surface area contributed by atoms with E-state index in [4.69, 9.17) is 4.74 Å². The molecule has 2 rings (SSSR count). The fourth-order valence-corrected chi connectivity index (χ4v) is 1.92. The van der Waals surface area contributed by atoms with Gasteiger partial charge in [0.2, 0.25) is 0 Å². The lowest BCUT2D eigenvalue weighted by molar-refractivity contribution is 0.178. The molecule has 0 radical (unpaired) electrons. The van der Waals surface area contributed by atoms with Crippen LogP contribution in [0.5, 0.6) is 0 Å². The van der Waals surface area contributed by atoms with Crippen molar-refractivity contribution in [3.63, 3.8) is 0 Å². The minimum absolute atomic E-state index is 0.386. The van der Waals surface area contributed by atoms with E-state index in [1.807, 2.05) is 37.4 Å². The third-order valence-electron chi connectivity index (χ3n) is 2.42. The van der Waals surface area contributed by atoms with Crippen LogP contribution in [-0.2, 0) is 11.3 Å². The second-order valence-corrected chi connectivity index (χ2v) is 5.12. The zero-order valence-electron chi connectivity index (χ0n) is 10.8. The Morgan fingerprint density at radius 2 is 1.84 bits per heavy atom. The standard InChI is InChI=1S/C13H15IN4O/c1-15-11-7-12(18-13(17-11)8-19-2)16-10-5-3-9(14)4-6-10/h3-7H,8H2,1-2H3,(H2,15,16,17,18). The molecule has 0 atom stereocenters. The highest BCUT2D eigenvalue weighted by atomic mass is 127. The van der Waals surface area contributed by atoms with Gasteiger partial charge >= 0.3 is 0 Å². The van der Waals surface area contributed by atoms with Gasteiger partial charge in [-0.3, -0.25) is 0 Å². The van der Waals surface area contributed by atoms with E-state index in [0.717, 1.165) is 17.3 Å². The van der Waals surface area contributed by atoms with E-state index in [1.165, 1.54) is 3.57 Å². The van der Waals surface area contributed by atoms with Crippen LogP contribution in [-0.4, -0.2) is 24.1 Å². The smallest absolute Gasteiger partial charge is 0.158 e. The fourth-order valence-electron chi connectivity index (χ4n) is 1.56. The van der Waals surface area contributed by atoms with Crippen molar-refractivity contribution >= 4 is 39.9 Å². The number of anilines is 3. The number of ether oxygens (including phenoxy) is 1. The van der Waals surface area contributed by atoms with Crippen molar-refractivity contribution in [3.8, 4) is 0 Å². The van der Waals surface area contributed by atoms with Gasteiger partial charge in [-0.25, -0.2) is 9.97 Å². The average molecular weight is 370 g/mol. The van der Waals surface area contributed by atoms with Crippen molar-refractivity contribution in [1.82, 2.24) is 9.97 Å². The number of methoxy groups -OCH3 is 1. The van der Waals surface area contributed by atoms with E-state index < -0.39 is 0 Å². The molecule has 0 unspecified atom stereocenters. The summed E-state index contributed by atoms with van der Waals surface area (Å²) in [6.07, 6.45) is 0. The van der Waals surface area contributed by atoms with Crippen molar-refractivity contribution in [2.24, 2.45) is 0 Å². The monoisotopic (exact) mass is 370 g/mol. The molecule has 6 heteroatoms. The SMILES string of the molecule is CNc1cc(Nc2ccc(I)cc2)nc(COC)n1. The number of hydrogen-bond donors (Lipinski definition) is 2. The highest BCUT2D eigenvalue weighted by Crippen LogP contribution is 2.18. The first-order valence-corrected chi connectivity index (χ1v) is 6.86. The zero-order valence-corrected chi connectivity index (χ0v) is 12.9. The molecule has 100 valence electrons. The Morgan fingerprint density at radius 3 is 2.47 bits per heavy atom. The first-order valence-electron chi connectivity index (χ1n) is 5.78. The predicted octanol–water partition coefficient (Wildman–Crippen LogP) is 3.01. The Balaban J connectivity index is 2.23. The summed E-state index contributed by atoms with van der Waals surface area (Å²) in [6.45, 7) is 0.386. The number of nitrogens with zero attached hydrogens (tertiary/aromatic N) is 2. The van der Waals surface area contributed by atoms with Gasteiger partial charge in [0, 0.05) is 29.5 Å². The molecular weight excluding hydrogens is 355 g/mol. The van der Waals surface area contributed by atoms with Crippen LogP contribution in [0, 0.1) is 3.57 Å². The van der Waals surface area contributed by atoms with Gasteiger partial charge in [-0.05, 0) is 46.9 Å². The van der Waals surface area contributed by atoms with E-state index in [1.54, 1.807) is 7.11 Å². The topological polar surface area (TPSA) is 59.1 Å². The first-order chi connectivity index (χ1) is 9.21. The van der Waals surface area contributed by atoms with E-state index in [2.05, 4.69) is 43.2 Å². The van der Waals surface area contributed by atoms with Gasteiger partial charge in [-0.15, -0.1) is 0 Å². The molecule has 0 spiro atoms. The minimum Gasteiger partial charge on any atom is -0.377 e. The van der Waals surface area contributed by atoms with Crippen LogP contribution < -0.4 is 10.6 Å². The highest BCUT2D eigenvalue weighted by Gasteiger charge is 2.04. The van der Waals surface area contributed by atoms with Crippen LogP contribution in [0.1, 0.15) is 5.82 Å². The van der Waals surface area contributed by atoms with Crippen molar-refractivity contribution < 1.29 is 4.74 Å². The van der Waals surface area contributed by atoms with Gasteiger partial charge in [0.05, 0.1) is 0 Å². The Bertz CT molecular complexity index is 545. The third kappa shape index (κ3) is 4.03. The molecule has 1 heterocycles. The van der Waals surface area contributed by atoms with E-state index in [-0.39, 0.29) is 0 Å². The molecule has 0 fully saturated rings. The molecule has 0 bridgehead atoms. The second-order valence-electron chi connectivity index (χ2n) is 3.87. The normalized spacial score (nSPS) is 10.3. The zero-order chi connectivity index (χ0) is 13.7. The molecule has 2 aromatic rings. The molecule has 2 N–H and O–H groups in total. The molecule has 0 aliphatic heterocycles. The highest BCUT2D eigenvalue weighted by molar-refractivity contribution is 14.1. The molecule has 5 nitrogen and oxygen atoms in total. The molecule has 0 amide bonds. The molecule has 1 aromatic carbocycles. The molecule has 0 aliphatic rings. The number of hydrogen-bond acceptors (Lipinski definition) is 5. The number of aromatic nitrogens is 2. The quantitative estimate of drug-likeness (QED) is 0.793. The number of nitrogens with one attached hydrogen (secondary N) is 2. The summed E-state index contributed by atoms with van der Waals surface area (Å²) in [7, 11) is 3.45. The van der Waals surface area contributed by atoms with Gasteiger partial charge < -0.3 is 15.4 Å². The van der Waals surface area contributed by atoms with Crippen LogP contribution in [0.15, 0.2) is 30.3 Å². The summed E-state index contributed by atoms with van der Waals surface area (Å²) >= 11 is 2.28. The molecule has 19 heavy (non-hydrogen) atoms. The molecule has 0 aliphatic carbocycles. The Hall–Kier alpha value is -1.41. The lowest BCUT2D eigenvalue weighted by Gasteiger charge is -2.09. The van der Waals surface area contributed by atoms with Gasteiger partial charge in [-0.2, -0.15) is 0 Å². The Labute approximate surface area is 125 Å². The van der Waals surface area contributed by atoms with Gasteiger partial charge in [0.15, 0.2) is 5.82 Å². The fraction of sp³-hybridized carbons (Fsp3) is 0.231. The predicted molar refractivity (Wildman–Crippen MR) is 84.7 cm³/mol. The Kier molecular flexibility index (Phi) is 4.92. The maximum atomic E-state index is 5.07. The summed E-state index contributed by atoms with van der Waals surface area (Å²) in [5.41, 5.74) is 0.990. The van der Waals surface area contributed by atoms with E-state index >= 15 is 0 Å². The van der Waals surface area contributed by atoms with E-state index in [9.17, 15) is 0 Å². The van der Waals surface area contributed by atoms with Gasteiger partial charge in [-0.1, -0.05) is 0 Å². The van der Waals surface area contributed by atoms with Crippen molar-refractivity contribution in [1.29, 1.82) is 0 Å². The van der Waals surface area contributed by atoms with Crippen molar-refractivity contribution in [2.45, 2.75) is 6.61 Å². The van der Waals surface area contributed by atoms with Gasteiger partial charge in [0.25, 0.3) is 0 Å². The second kappa shape index (κ2) is 6.67. The largest absolute Gasteiger partial charge is 0.377 e. The van der Waals surface area contributed by atoms with Crippen LogP contribution in [0.4, 0.5) is 17.3 Å². The summed E-state index contributed by atoms with van der Waals surface area (Å²) < 4.78 is 6.26. The summed E-state index contributed by atoms with van der Waals surface area (Å²) in [5.74, 6) is 2.14. The van der Waals surface area contributed by atoms with Crippen LogP contribution in [0.3, 0.4) is 0 Å². The third-order valence-corrected chi connectivity index (χ3v) is 3.14. The molecule has 1 aromatic heterocycles.